The van der Waals surface area contributed by atoms with Crippen molar-refractivity contribution >= 4 is 13.3 Å². The van der Waals surface area contributed by atoms with Crippen LogP contribution in [-0.4, -0.2) is 18.0 Å². The van der Waals surface area contributed by atoms with Crippen LogP contribution in [0, 0.1) is 18.1 Å². The van der Waals surface area contributed by atoms with Gasteiger partial charge >= 0.3 is 0 Å². The normalized spacial score (nSPS) is 10.8. The molecule has 1 radical (unpaired) electrons. The van der Waals surface area contributed by atoms with E-state index >= 15 is 0 Å². The summed E-state index contributed by atoms with van der Waals surface area (Å²) in [6.45, 7) is 11.8. The first kappa shape index (κ1) is 30.4. The van der Waals surface area contributed by atoms with E-state index in [1.807, 2.05) is 48.5 Å². The van der Waals surface area contributed by atoms with Crippen molar-refractivity contribution in [3.05, 3.63) is 127 Å². The largest absolute Gasteiger partial charge is 0.305 e. The van der Waals surface area contributed by atoms with Crippen molar-refractivity contribution < 1.29 is 20.1 Å². The third kappa shape index (κ3) is 8.40. The van der Waals surface area contributed by atoms with Crippen LogP contribution in [0.2, 0.25) is 19.6 Å². The second-order valence-electron chi connectivity index (χ2n) is 10.9. The number of pyridine rings is 2. The first-order valence-corrected chi connectivity index (χ1v) is 16.8. The maximum absolute atomic E-state index is 4.87. The molecule has 0 amide bonds. The standard InChI is InChI=1S/C24H28NSi.C11H8N.Ir/c1-18(2)15-20-16-23(25-17-24(20)26(3,4)5)22-14-10-9-13-21(22)19-11-7-6-8-12-19;1-2-6-10(7-3-1)11-8-4-5-9-12-11;/h6-13,16-18H,15H2,1-5H3;1-6,8-9H;/q2*-1;. The molecule has 0 N–H and O–H groups in total. The average molecular weight is 705 g/mol. The molecular formula is C35H36IrN2Si-2. The molecule has 0 fully saturated rings. The molecule has 0 saturated carbocycles. The fourth-order valence-electron chi connectivity index (χ4n) is 4.50. The molecule has 0 atom stereocenters. The zero-order valence-corrected chi connectivity index (χ0v) is 26.8. The average Bonchev–Trinajstić information content (AvgIpc) is 2.94. The Kier molecular flexibility index (Phi) is 11.1. The zero-order valence-electron chi connectivity index (χ0n) is 23.4. The van der Waals surface area contributed by atoms with Crippen molar-refractivity contribution in [3.8, 4) is 33.6 Å². The minimum Gasteiger partial charge on any atom is -0.305 e. The van der Waals surface area contributed by atoms with Crippen molar-refractivity contribution in [2.75, 3.05) is 0 Å². The molecule has 0 saturated heterocycles. The Morgan fingerprint density at radius 3 is 2.10 bits per heavy atom. The summed E-state index contributed by atoms with van der Waals surface area (Å²) in [5, 5.41) is 1.48. The van der Waals surface area contributed by atoms with Crippen LogP contribution in [0.5, 0.6) is 0 Å². The van der Waals surface area contributed by atoms with Gasteiger partial charge in [0.25, 0.3) is 0 Å². The van der Waals surface area contributed by atoms with Crippen LogP contribution in [-0.2, 0) is 26.5 Å². The first-order valence-electron chi connectivity index (χ1n) is 13.3. The maximum Gasteiger partial charge on any atom is 0.0798 e. The molecule has 0 aliphatic carbocycles. The fourth-order valence-corrected chi connectivity index (χ4v) is 6.09. The molecular weight excluding hydrogens is 669 g/mol. The Labute approximate surface area is 249 Å². The molecule has 2 aromatic heterocycles. The molecule has 2 nitrogen and oxygen atoms in total. The molecule has 0 spiro atoms. The van der Waals surface area contributed by atoms with Crippen molar-refractivity contribution in [3.63, 3.8) is 0 Å². The second-order valence-corrected chi connectivity index (χ2v) is 15.9. The molecule has 0 aliphatic heterocycles. The predicted molar refractivity (Wildman–Crippen MR) is 164 cm³/mol. The molecule has 4 heteroatoms. The molecule has 2 heterocycles. The summed E-state index contributed by atoms with van der Waals surface area (Å²) in [7, 11) is -1.42. The molecule has 0 aliphatic rings. The number of rotatable bonds is 6. The number of hydrogen-bond donors (Lipinski definition) is 0. The quantitative estimate of drug-likeness (QED) is 0.131. The van der Waals surface area contributed by atoms with Gasteiger partial charge in [-0.2, -0.15) is 0 Å². The summed E-state index contributed by atoms with van der Waals surface area (Å²) in [5.41, 5.74) is 7.99. The van der Waals surface area contributed by atoms with Gasteiger partial charge in [0, 0.05) is 32.5 Å². The van der Waals surface area contributed by atoms with E-state index in [2.05, 4.69) is 105 Å². The van der Waals surface area contributed by atoms with E-state index in [0.717, 1.165) is 28.9 Å². The van der Waals surface area contributed by atoms with Gasteiger partial charge in [-0.05, 0) is 35.0 Å². The van der Waals surface area contributed by atoms with Crippen LogP contribution in [0.1, 0.15) is 19.4 Å². The Morgan fingerprint density at radius 2 is 1.46 bits per heavy atom. The van der Waals surface area contributed by atoms with E-state index in [1.54, 1.807) is 6.20 Å². The third-order valence-corrected chi connectivity index (χ3v) is 8.34. The number of aromatic nitrogens is 2. The summed E-state index contributed by atoms with van der Waals surface area (Å²) >= 11 is 0. The third-order valence-electron chi connectivity index (χ3n) is 6.27. The molecule has 39 heavy (non-hydrogen) atoms. The van der Waals surface area contributed by atoms with Crippen molar-refractivity contribution in [1.29, 1.82) is 0 Å². The molecule has 201 valence electrons. The SMILES string of the molecule is CC(C)Cc1cc(-c2[c-]cccc2-c2ccccc2)ncc1[Si](C)(C)C.[Ir].[c-]1ccccc1-c1ccccn1. The van der Waals surface area contributed by atoms with Crippen molar-refractivity contribution in [1.82, 2.24) is 9.97 Å². The van der Waals surface area contributed by atoms with Crippen LogP contribution in [0.15, 0.2) is 109 Å². The van der Waals surface area contributed by atoms with Crippen LogP contribution in [0.3, 0.4) is 0 Å². The van der Waals surface area contributed by atoms with Crippen LogP contribution < -0.4 is 5.19 Å². The second kappa shape index (κ2) is 14.3. The number of hydrogen-bond acceptors (Lipinski definition) is 2. The maximum atomic E-state index is 4.87. The van der Waals surface area contributed by atoms with Gasteiger partial charge in [0.05, 0.1) is 8.07 Å². The summed E-state index contributed by atoms with van der Waals surface area (Å²) < 4.78 is 0. The van der Waals surface area contributed by atoms with E-state index < -0.39 is 8.07 Å². The summed E-state index contributed by atoms with van der Waals surface area (Å²) in [6.07, 6.45) is 5.02. The van der Waals surface area contributed by atoms with E-state index in [-0.39, 0.29) is 20.1 Å². The zero-order chi connectivity index (χ0) is 27.0. The van der Waals surface area contributed by atoms with Crippen molar-refractivity contribution in [2.45, 2.75) is 39.9 Å². The van der Waals surface area contributed by atoms with E-state index in [4.69, 9.17) is 4.98 Å². The smallest absolute Gasteiger partial charge is 0.0798 e. The molecule has 5 rings (SSSR count). The topological polar surface area (TPSA) is 25.8 Å². The van der Waals surface area contributed by atoms with Gasteiger partial charge in [0.2, 0.25) is 0 Å². The predicted octanol–water partition coefficient (Wildman–Crippen LogP) is 8.51. The van der Waals surface area contributed by atoms with E-state index in [0.29, 0.717) is 5.92 Å². The van der Waals surface area contributed by atoms with E-state index in [9.17, 15) is 0 Å². The minimum atomic E-state index is -1.42. The molecule has 0 bridgehead atoms. The van der Waals surface area contributed by atoms with Gasteiger partial charge in [-0.3, -0.25) is 0 Å². The summed E-state index contributed by atoms with van der Waals surface area (Å²) in [4.78, 5) is 9.09. The summed E-state index contributed by atoms with van der Waals surface area (Å²) in [6, 6.07) is 39.3. The van der Waals surface area contributed by atoms with Gasteiger partial charge in [-0.15, -0.1) is 65.7 Å². The Bertz CT molecular complexity index is 1390. The van der Waals surface area contributed by atoms with Crippen molar-refractivity contribution in [2.24, 2.45) is 5.92 Å². The van der Waals surface area contributed by atoms with Gasteiger partial charge in [-0.1, -0.05) is 98.7 Å². The summed E-state index contributed by atoms with van der Waals surface area (Å²) in [5.74, 6) is 0.633. The van der Waals surface area contributed by atoms with Crippen LogP contribution in [0.25, 0.3) is 33.6 Å². The minimum absolute atomic E-state index is 0. The number of benzene rings is 3. The molecule has 5 aromatic rings. The molecule has 0 unspecified atom stereocenters. The van der Waals surface area contributed by atoms with Crippen LogP contribution >= 0.6 is 0 Å². The Hall–Kier alpha value is -3.17. The van der Waals surface area contributed by atoms with Gasteiger partial charge in [0.15, 0.2) is 0 Å². The van der Waals surface area contributed by atoms with Gasteiger partial charge in [0.1, 0.15) is 0 Å². The van der Waals surface area contributed by atoms with Gasteiger partial charge < -0.3 is 9.97 Å². The van der Waals surface area contributed by atoms with Crippen LogP contribution in [0.4, 0.5) is 0 Å². The fraction of sp³-hybridized carbons (Fsp3) is 0.200. The van der Waals surface area contributed by atoms with Gasteiger partial charge in [-0.25, -0.2) is 0 Å². The Morgan fingerprint density at radius 1 is 0.744 bits per heavy atom. The van der Waals surface area contributed by atoms with E-state index in [1.165, 1.54) is 21.9 Å². The monoisotopic (exact) mass is 705 g/mol. The number of nitrogens with zero attached hydrogens (tertiary/aromatic N) is 2. The molecule has 3 aromatic carbocycles. The Balaban J connectivity index is 0.000000270. The first-order chi connectivity index (χ1) is 18.3.